The van der Waals surface area contributed by atoms with E-state index < -0.39 is 0 Å². The van der Waals surface area contributed by atoms with Crippen LogP contribution in [0.25, 0.3) is 11.0 Å². The lowest BCUT2D eigenvalue weighted by molar-refractivity contribution is 0.0903. The molecule has 1 aromatic carbocycles. The number of hydrogen-bond acceptors (Lipinski definition) is 5. The van der Waals surface area contributed by atoms with E-state index in [4.69, 9.17) is 4.74 Å². The van der Waals surface area contributed by atoms with Crippen molar-refractivity contribution in [1.29, 1.82) is 0 Å². The summed E-state index contributed by atoms with van der Waals surface area (Å²) in [4.78, 5) is 17.9. The van der Waals surface area contributed by atoms with Crippen LogP contribution in [0.2, 0.25) is 0 Å². The molecule has 0 radical (unpaired) electrons. The lowest BCUT2D eigenvalue weighted by atomic mass is 9.99. The molecule has 1 aliphatic rings. The molecule has 0 aliphatic carbocycles. The van der Waals surface area contributed by atoms with E-state index in [1.54, 1.807) is 12.4 Å². The van der Waals surface area contributed by atoms with Crippen molar-refractivity contribution in [2.75, 3.05) is 18.5 Å². The molecule has 1 fully saturated rings. The molecule has 1 amide bonds. The van der Waals surface area contributed by atoms with Gasteiger partial charge in [0.25, 0.3) is 5.91 Å². The number of benzene rings is 1. The van der Waals surface area contributed by atoms with Gasteiger partial charge < -0.3 is 15.4 Å². The number of nitrogens with zero attached hydrogens (tertiary/aromatic N) is 3. The van der Waals surface area contributed by atoms with Gasteiger partial charge in [-0.25, -0.2) is 9.67 Å². The molecule has 7 heteroatoms. The molecule has 3 heterocycles. The number of ether oxygens (including phenoxy) is 1. The fraction of sp³-hybridized carbons (Fsp3) is 0.480. The molecule has 4 rings (SSSR count). The van der Waals surface area contributed by atoms with Crippen molar-refractivity contribution in [3.05, 3.63) is 53.3 Å². The van der Waals surface area contributed by atoms with Crippen LogP contribution in [-0.4, -0.2) is 39.9 Å². The van der Waals surface area contributed by atoms with E-state index in [1.807, 2.05) is 18.5 Å². The molecule has 0 spiro atoms. The van der Waals surface area contributed by atoms with Gasteiger partial charge in [0.1, 0.15) is 0 Å². The molecule has 2 N–H and O–H groups in total. The van der Waals surface area contributed by atoms with Crippen LogP contribution in [0.15, 0.2) is 36.7 Å². The highest BCUT2D eigenvalue weighted by Crippen LogP contribution is 2.29. The summed E-state index contributed by atoms with van der Waals surface area (Å²) in [6.45, 7) is 10.6. The first-order valence-corrected chi connectivity index (χ1v) is 11.6. The summed E-state index contributed by atoms with van der Waals surface area (Å²) in [5.41, 5.74) is 4.51. The molecule has 3 aromatic rings. The lowest BCUT2D eigenvalue weighted by Gasteiger charge is -2.26. The number of aromatic nitrogens is 3. The van der Waals surface area contributed by atoms with Gasteiger partial charge in [-0.1, -0.05) is 38.1 Å². The van der Waals surface area contributed by atoms with Crippen molar-refractivity contribution in [2.24, 2.45) is 0 Å². The smallest absolute Gasteiger partial charge is 0.255 e. The van der Waals surface area contributed by atoms with Gasteiger partial charge in [0, 0.05) is 32.0 Å². The Morgan fingerprint density at radius 2 is 1.81 bits per heavy atom. The zero-order valence-electron chi connectivity index (χ0n) is 19.4. The minimum absolute atomic E-state index is 0.117. The summed E-state index contributed by atoms with van der Waals surface area (Å²) in [6, 6.07) is 8.59. The molecule has 7 nitrogen and oxygen atoms in total. The van der Waals surface area contributed by atoms with Gasteiger partial charge in [-0.05, 0) is 43.7 Å². The van der Waals surface area contributed by atoms with E-state index in [2.05, 4.69) is 58.8 Å². The average molecular weight is 436 g/mol. The van der Waals surface area contributed by atoms with E-state index in [9.17, 15) is 4.79 Å². The molecule has 170 valence electrons. The van der Waals surface area contributed by atoms with E-state index >= 15 is 0 Å². The number of amides is 1. The summed E-state index contributed by atoms with van der Waals surface area (Å²) in [5.74, 6) is 0.341. The van der Waals surface area contributed by atoms with Crippen molar-refractivity contribution < 1.29 is 9.53 Å². The number of rotatable bonds is 7. The summed E-state index contributed by atoms with van der Waals surface area (Å²) in [6.07, 6.45) is 5.29. The molecule has 0 bridgehead atoms. The highest BCUT2D eigenvalue weighted by molar-refractivity contribution is 6.06. The summed E-state index contributed by atoms with van der Waals surface area (Å²) >= 11 is 0. The maximum absolute atomic E-state index is 13.3. The maximum atomic E-state index is 13.3. The summed E-state index contributed by atoms with van der Waals surface area (Å²) < 4.78 is 7.35. The molecule has 0 saturated carbocycles. The third kappa shape index (κ3) is 4.63. The van der Waals surface area contributed by atoms with Gasteiger partial charge in [0.2, 0.25) is 0 Å². The first-order valence-electron chi connectivity index (χ1n) is 11.6. The Balaban J connectivity index is 1.61. The van der Waals surface area contributed by atoms with Crippen molar-refractivity contribution in [3.63, 3.8) is 0 Å². The van der Waals surface area contributed by atoms with Gasteiger partial charge in [0.15, 0.2) is 5.65 Å². The van der Waals surface area contributed by atoms with Gasteiger partial charge >= 0.3 is 0 Å². The van der Waals surface area contributed by atoms with Crippen LogP contribution in [0.1, 0.15) is 74.0 Å². The van der Waals surface area contributed by atoms with Crippen molar-refractivity contribution in [3.8, 4) is 0 Å². The van der Waals surface area contributed by atoms with Crippen molar-refractivity contribution >= 4 is 22.6 Å². The van der Waals surface area contributed by atoms with Crippen LogP contribution >= 0.6 is 0 Å². The standard InChI is InChI=1S/C25H33N5O2/c1-5-30-24-21(15-27-30)23(29-20-10-12-32-13-11-20)22(14-26-24)25(31)28-17(4)19-8-6-18(7-9-19)16(2)3/h6-9,14-17,20H,5,10-13H2,1-4H3,(H,26,29)(H,28,31). The highest BCUT2D eigenvalue weighted by Gasteiger charge is 2.23. The Morgan fingerprint density at radius 1 is 1.12 bits per heavy atom. The number of carbonyl (C=O) groups is 1. The van der Waals surface area contributed by atoms with Crippen LogP contribution in [0.5, 0.6) is 0 Å². The topological polar surface area (TPSA) is 81.1 Å². The van der Waals surface area contributed by atoms with E-state index in [1.165, 1.54) is 5.56 Å². The Bertz CT molecular complexity index is 1070. The van der Waals surface area contributed by atoms with Gasteiger partial charge in [-0.15, -0.1) is 0 Å². The van der Waals surface area contributed by atoms with Gasteiger partial charge in [0.05, 0.1) is 28.9 Å². The number of pyridine rings is 1. The van der Waals surface area contributed by atoms with Crippen molar-refractivity contribution in [2.45, 2.75) is 65.1 Å². The molecule has 32 heavy (non-hydrogen) atoms. The molecule has 1 saturated heterocycles. The Morgan fingerprint density at radius 3 is 2.47 bits per heavy atom. The zero-order valence-corrected chi connectivity index (χ0v) is 19.4. The monoisotopic (exact) mass is 435 g/mol. The molecule has 2 aromatic heterocycles. The molecular weight excluding hydrogens is 402 g/mol. The minimum atomic E-state index is -0.140. The fourth-order valence-corrected chi connectivity index (χ4v) is 4.16. The SMILES string of the molecule is CCn1ncc2c(NC3CCOCC3)c(C(=O)NC(C)c3ccc(C(C)C)cc3)cnc21. The van der Waals surface area contributed by atoms with Crippen LogP contribution < -0.4 is 10.6 Å². The molecular formula is C25H33N5O2. The summed E-state index contributed by atoms with van der Waals surface area (Å²) in [5, 5.41) is 12.1. The molecule has 1 unspecified atom stereocenters. The normalized spacial score (nSPS) is 15.8. The first-order chi connectivity index (χ1) is 15.5. The van der Waals surface area contributed by atoms with Gasteiger partial charge in [-0.2, -0.15) is 5.10 Å². The largest absolute Gasteiger partial charge is 0.381 e. The van der Waals surface area contributed by atoms with E-state index in [-0.39, 0.29) is 18.0 Å². The van der Waals surface area contributed by atoms with Crippen LogP contribution in [0.4, 0.5) is 5.69 Å². The number of fused-ring (bicyclic) bond motifs is 1. The molecule has 1 aliphatic heterocycles. The number of aryl methyl sites for hydroxylation is 1. The first kappa shape index (κ1) is 22.3. The summed E-state index contributed by atoms with van der Waals surface area (Å²) in [7, 11) is 0. The van der Waals surface area contributed by atoms with Crippen molar-refractivity contribution in [1.82, 2.24) is 20.1 Å². The Hall–Kier alpha value is -2.93. The maximum Gasteiger partial charge on any atom is 0.255 e. The second-order valence-electron chi connectivity index (χ2n) is 8.79. The third-order valence-corrected chi connectivity index (χ3v) is 6.23. The average Bonchev–Trinajstić information content (AvgIpc) is 3.23. The number of hydrogen-bond donors (Lipinski definition) is 2. The molecule has 1 atom stereocenters. The lowest BCUT2D eigenvalue weighted by Crippen LogP contribution is -2.31. The Labute approximate surface area is 189 Å². The predicted octanol–water partition coefficient (Wildman–Crippen LogP) is 4.66. The van der Waals surface area contributed by atoms with Gasteiger partial charge in [-0.3, -0.25) is 4.79 Å². The Kier molecular flexibility index (Phi) is 6.74. The highest BCUT2D eigenvalue weighted by atomic mass is 16.5. The van der Waals surface area contributed by atoms with E-state index in [0.717, 1.165) is 54.9 Å². The number of nitrogens with one attached hydrogen (secondary N) is 2. The van der Waals surface area contributed by atoms with Crippen LogP contribution in [0.3, 0.4) is 0 Å². The minimum Gasteiger partial charge on any atom is -0.381 e. The number of anilines is 1. The van der Waals surface area contributed by atoms with Crippen LogP contribution in [0, 0.1) is 0 Å². The van der Waals surface area contributed by atoms with E-state index in [0.29, 0.717) is 11.5 Å². The second-order valence-corrected chi connectivity index (χ2v) is 8.79. The third-order valence-electron chi connectivity index (χ3n) is 6.23. The van der Waals surface area contributed by atoms with Crippen LogP contribution in [-0.2, 0) is 11.3 Å². The fourth-order valence-electron chi connectivity index (χ4n) is 4.16. The zero-order chi connectivity index (χ0) is 22.7. The number of carbonyl (C=O) groups excluding carboxylic acids is 1. The second kappa shape index (κ2) is 9.69. The quantitative estimate of drug-likeness (QED) is 0.564. The predicted molar refractivity (Wildman–Crippen MR) is 127 cm³/mol.